The van der Waals surface area contributed by atoms with Crippen molar-refractivity contribution >= 4 is 45.6 Å². The van der Waals surface area contributed by atoms with E-state index in [-0.39, 0.29) is 18.6 Å². The highest BCUT2D eigenvalue weighted by molar-refractivity contribution is 9.10. The van der Waals surface area contributed by atoms with Gasteiger partial charge in [-0.15, -0.1) is 0 Å². The average Bonchev–Trinajstić information content (AvgIpc) is 2.84. The van der Waals surface area contributed by atoms with E-state index >= 15 is 0 Å². The van der Waals surface area contributed by atoms with E-state index in [0.717, 1.165) is 0 Å². The summed E-state index contributed by atoms with van der Waals surface area (Å²) in [6, 6.07) is 10.2. The van der Waals surface area contributed by atoms with Crippen LogP contribution in [-0.2, 0) is 14.4 Å². The summed E-state index contributed by atoms with van der Waals surface area (Å²) in [5, 5.41) is 9.10. The number of hydrogen-bond acceptors (Lipinski definition) is 7. The normalized spacial score (nSPS) is 11.5. The third-order valence-electron chi connectivity index (χ3n) is 4.62. The fourth-order valence-corrected chi connectivity index (χ4v) is 3.27. The Labute approximate surface area is 212 Å². The summed E-state index contributed by atoms with van der Waals surface area (Å²) in [6.07, 6.45) is 2.05. The van der Waals surface area contributed by atoms with Crippen molar-refractivity contribution in [3.63, 3.8) is 0 Å². The highest BCUT2D eigenvalue weighted by Crippen LogP contribution is 2.36. The number of nitrogens with zero attached hydrogens (tertiary/aromatic N) is 1. The van der Waals surface area contributed by atoms with Gasteiger partial charge < -0.3 is 24.8 Å². The van der Waals surface area contributed by atoms with Gasteiger partial charge in [-0.05, 0) is 78.2 Å². The van der Waals surface area contributed by atoms with Crippen molar-refractivity contribution in [2.24, 2.45) is 5.10 Å². The molecule has 10 nitrogen and oxygen atoms in total. The molecule has 2 aromatic rings. The van der Waals surface area contributed by atoms with Crippen LogP contribution in [-0.4, -0.2) is 50.3 Å². The Kier molecular flexibility index (Phi) is 11.0. The third-order valence-corrected chi connectivity index (χ3v) is 5.21. The fraction of sp³-hybridized carbons (Fsp3) is 0.333. The predicted octanol–water partition coefficient (Wildman–Crippen LogP) is 3.24. The second-order valence-electron chi connectivity index (χ2n) is 7.31. The number of carbonyl (C=O) groups is 3. The molecule has 0 spiro atoms. The summed E-state index contributed by atoms with van der Waals surface area (Å²) in [7, 11) is 1.45. The molecule has 0 aliphatic carbocycles. The lowest BCUT2D eigenvalue weighted by atomic mass is 10.2. The molecule has 188 valence electrons. The van der Waals surface area contributed by atoms with Crippen LogP contribution in [0, 0.1) is 0 Å². The molecule has 0 radical (unpaired) electrons. The summed E-state index contributed by atoms with van der Waals surface area (Å²) in [4.78, 5) is 35.9. The van der Waals surface area contributed by atoms with Gasteiger partial charge in [0, 0.05) is 11.7 Å². The molecule has 0 aromatic heterocycles. The standard InChI is InChI=1S/C24H29BrN4O6/c1-5-15(3)27-23(31)24(32)29-26-13-16-11-19(25)22(20(12-16)33-4)35-14-21(30)28-17-7-9-18(10-8-17)34-6-2/h7-13,15H,5-6,14H2,1-4H3,(H,27,31)(H,28,30)(H,29,32)/b26-13-/t15-/m1/s1. The molecule has 1 atom stereocenters. The molecule has 3 N–H and O–H groups in total. The van der Waals surface area contributed by atoms with E-state index < -0.39 is 11.8 Å². The maximum absolute atomic E-state index is 12.3. The zero-order valence-corrected chi connectivity index (χ0v) is 21.6. The zero-order valence-electron chi connectivity index (χ0n) is 20.0. The van der Waals surface area contributed by atoms with Crippen molar-refractivity contribution in [3.8, 4) is 17.2 Å². The molecule has 0 saturated carbocycles. The number of halogens is 1. The van der Waals surface area contributed by atoms with Crippen molar-refractivity contribution in [1.29, 1.82) is 0 Å². The van der Waals surface area contributed by atoms with Crippen LogP contribution >= 0.6 is 15.9 Å². The van der Waals surface area contributed by atoms with Gasteiger partial charge in [0.1, 0.15) is 5.75 Å². The number of hydrazone groups is 1. The SMILES string of the molecule is CCOc1ccc(NC(=O)COc2c(Br)cc(/C=N\NC(=O)C(=O)N[C@H](C)CC)cc2OC)cc1. The average molecular weight is 549 g/mol. The maximum atomic E-state index is 12.3. The Balaban J connectivity index is 1.96. The lowest BCUT2D eigenvalue weighted by molar-refractivity contribution is -0.139. The van der Waals surface area contributed by atoms with Gasteiger partial charge in [-0.3, -0.25) is 14.4 Å². The summed E-state index contributed by atoms with van der Waals surface area (Å²) >= 11 is 3.39. The van der Waals surface area contributed by atoms with Gasteiger partial charge in [0.25, 0.3) is 5.91 Å². The Morgan fingerprint density at radius 2 is 1.80 bits per heavy atom. The van der Waals surface area contributed by atoms with E-state index in [1.54, 1.807) is 43.3 Å². The minimum absolute atomic E-state index is 0.118. The molecule has 2 rings (SSSR count). The third kappa shape index (κ3) is 8.93. The molecule has 3 amide bonds. The first kappa shape index (κ1) is 27.6. The van der Waals surface area contributed by atoms with E-state index in [2.05, 4.69) is 37.1 Å². The lowest BCUT2D eigenvalue weighted by Gasteiger charge is -2.13. The van der Waals surface area contributed by atoms with Gasteiger partial charge >= 0.3 is 11.8 Å². The van der Waals surface area contributed by atoms with Crippen LogP contribution in [0.4, 0.5) is 5.69 Å². The van der Waals surface area contributed by atoms with Gasteiger partial charge in [0.2, 0.25) is 0 Å². The number of nitrogens with one attached hydrogen (secondary N) is 3. The lowest BCUT2D eigenvalue weighted by Crippen LogP contribution is -2.41. The second kappa shape index (κ2) is 14.0. The number of amides is 3. The number of methoxy groups -OCH3 is 1. The molecule has 0 heterocycles. The summed E-state index contributed by atoms with van der Waals surface area (Å²) < 4.78 is 16.9. The highest BCUT2D eigenvalue weighted by Gasteiger charge is 2.15. The molecule has 0 unspecified atom stereocenters. The summed E-state index contributed by atoms with van der Waals surface area (Å²) in [5.74, 6) is -0.604. The summed E-state index contributed by atoms with van der Waals surface area (Å²) in [6.45, 7) is 5.90. The quantitative estimate of drug-likeness (QED) is 0.225. The second-order valence-corrected chi connectivity index (χ2v) is 8.16. The number of anilines is 1. The van der Waals surface area contributed by atoms with E-state index in [1.807, 2.05) is 13.8 Å². The topological polar surface area (TPSA) is 127 Å². The maximum Gasteiger partial charge on any atom is 0.329 e. The Hall–Kier alpha value is -3.60. The minimum atomic E-state index is -0.869. The largest absolute Gasteiger partial charge is 0.494 e. The van der Waals surface area contributed by atoms with Crippen molar-refractivity contribution in [1.82, 2.24) is 10.7 Å². The van der Waals surface area contributed by atoms with Crippen LogP contribution < -0.4 is 30.3 Å². The Bertz CT molecular complexity index is 1060. The first-order chi connectivity index (χ1) is 16.8. The molecule has 0 fully saturated rings. The first-order valence-electron chi connectivity index (χ1n) is 10.9. The van der Waals surface area contributed by atoms with Gasteiger partial charge in [-0.25, -0.2) is 5.43 Å². The predicted molar refractivity (Wildman–Crippen MR) is 136 cm³/mol. The molecule has 0 aliphatic heterocycles. The molecular formula is C24H29BrN4O6. The number of rotatable bonds is 11. The van der Waals surface area contributed by atoms with Gasteiger partial charge in [0.15, 0.2) is 18.1 Å². The van der Waals surface area contributed by atoms with E-state index in [9.17, 15) is 14.4 Å². The molecule has 0 aliphatic rings. The monoisotopic (exact) mass is 548 g/mol. The Morgan fingerprint density at radius 3 is 2.43 bits per heavy atom. The zero-order chi connectivity index (χ0) is 25.8. The van der Waals surface area contributed by atoms with Gasteiger partial charge in [-0.1, -0.05) is 6.92 Å². The van der Waals surface area contributed by atoms with Crippen LogP contribution in [0.2, 0.25) is 0 Å². The molecule has 2 aromatic carbocycles. The molecule has 0 saturated heterocycles. The van der Waals surface area contributed by atoms with Crippen LogP contribution in [0.5, 0.6) is 17.2 Å². The number of hydrogen-bond donors (Lipinski definition) is 3. The smallest absolute Gasteiger partial charge is 0.329 e. The van der Waals surface area contributed by atoms with E-state index in [4.69, 9.17) is 14.2 Å². The minimum Gasteiger partial charge on any atom is -0.494 e. The number of carbonyl (C=O) groups excluding carboxylic acids is 3. The molecule has 35 heavy (non-hydrogen) atoms. The number of benzene rings is 2. The van der Waals surface area contributed by atoms with Crippen molar-refractivity contribution < 1.29 is 28.6 Å². The Morgan fingerprint density at radius 1 is 1.09 bits per heavy atom. The molecule has 0 bridgehead atoms. The van der Waals surface area contributed by atoms with Crippen molar-refractivity contribution in [3.05, 3.63) is 46.4 Å². The van der Waals surface area contributed by atoms with Crippen LogP contribution in [0.25, 0.3) is 0 Å². The van der Waals surface area contributed by atoms with Crippen molar-refractivity contribution in [2.75, 3.05) is 25.6 Å². The fourth-order valence-electron chi connectivity index (χ4n) is 2.70. The van der Waals surface area contributed by atoms with E-state index in [1.165, 1.54) is 13.3 Å². The molecule has 11 heteroatoms. The van der Waals surface area contributed by atoms with Gasteiger partial charge in [0.05, 0.1) is 24.4 Å². The number of ether oxygens (including phenoxy) is 3. The van der Waals surface area contributed by atoms with Crippen LogP contribution in [0.3, 0.4) is 0 Å². The first-order valence-corrected chi connectivity index (χ1v) is 11.7. The van der Waals surface area contributed by atoms with Gasteiger partial charge in [-0.2, -0.15) is 5.10 Å². The van der Waals surface area contributed by atoms with Crippen LogP contribution in [0.1, 0.15) is 32.8 Å². The van der Waals surface area contributed by atoms with E-state index in [0.29, 0.717) is 46.0 Å². The summed E-state index contributed by atoms with van der Waals surface area (Å²) in [5.41, 5.74) is 3.34. The highest BCUT2D eigenvalue weighted by atomic mass is 79.9. The van der Waals surface area contributed by atoms with Crippen LogP contribution in [0.15, 0.2) is 46.0 Å². The van der Waals surface area contributed by atoms with Crippen molar-refractivity contribution in [2.45, 2.75) is 33.2 Å². The molecular weight excluding hydrogens is 520 g/mol.